The van der Waals surface area contributed by atoms with Gasteiger partial charge in [0.1, 0.15) is 0 Å². The maximum Gasteiger partial charge on any atom is 0.338 e. The van der Waals surface area contributed by atoms with E-state index in [-0.39, 0.29) is 28.5 Å². The number of piperidine rings is 1. The van der Waals surface area contributed by atoms with Gasteiger partial charge in [0, 0.05) is 18.6 Å². The summed E-state index contributed by atoms with van der Waals surface area (Å²) in [5.74, 6) is 1.77. The van der Waals surface area contributed by atoms with E-state index in [0.717, 1.165) is 25.7 Å². The summed E-state index contributed by atoms with van der Waals surface area (Å²) in [5.41, 5.74) is 0.0105. The topological polar surface area (TPSA) is 92.8 Å². The Morgan fingerprint density at radius 1 is 1.00 bits per heavy atom. The number of benzene rings is 1. The Bertz CT molecular complexity index is 1020. The van der Waals surface area contributed by atoms with Crippen LogP contribution in [0.2, 0.25) is 0 Å². The van der Waals surface area contributed by atoms with Gasteiger partial charge in [0.15, 0.2) is 6.61 Å². The molecule has 0 radical (unpaired) electrons. The molecule has 186 valence electrons. The van der Waals surface area contributed by atoms with Crippen molar-refractivity contribution < 1.29 is 22.7 Å². The monoisotopic (exact) mass is 488 g/mol. The summed E-state index contributed by atoms with van der Waals surface area (Å²) >= 11 is 0. The van der Waals surface area contributed by atoms with Crippen LogP contribution in [0.5, 0.6) is 0 Å². The molecule has 4 bridgehead atoms. The Labute approximate surface area is 202 Å². The van der Waals surface area contributed by atoms with Crippen LogP contribution in [0.4, 0.5) is 0 Å². The second-order valence-electron chi connectivity index (χ2n) is 11.6. The minimum absolute atomic E-state index is 0.0845. The van der Waals surface area contributed by atoms with E-state index in [1.165, 1.54) is 41.8 Å². The van der Waals surface area contributed by atoms with E-state index in [0.29, 0.717) is 42.7 Å². The van der Waals surface area contributed by atoms with Gasteiger partial charge >= 0.3 is 5.97 Å². The van der Waals surface area contributed by atoms with Gasteiger partial charge in [0.2, 0.25) is 10.0 Å². The minimum Gasteiger partial charge on any atom is -0.452 e. The Kier molecular flexibility index (Phi) is 6.25. The van der Waals surface area contributed by atoms with Crippen molar-refractivity contribution in [3.8, 4) is 0 Å². The quantitative estimate of drug-likeness (QED) is 0.618. The average Bonchev–Trinajstić information content (AvgIpc) is 2.75. The van der Waals surface area contributed by atoms with Crippen LogP contribution < -0.4 is 5.32 Å². The van der Waals surface area contributed by atoms with Crippen LogP contribution in [0.1, 0.15) is 69.2 Å². The first-order valence-electron chi connectivity index (χ1n) is 12.7. The van der Waals surface area contributed by atoms with Gasteiger partial charge in [-0.1, -0.05) is 19.9 Å². The fourth-order valence-electron chi connectivity index (χ4n) is 7.54. The Hall–Kier alpha value is -1.93. The van der Waals surface area contributed by atoms with Crippen LogP contribution in [-0.4, -0.2) is 49.8 Å². The molecule has 34 heavy (non-hydrogen) atoms. The lowest BCUT2D eigenvalue weighted by Gasteiger charge is -2.56. The number of hydrogen-bond donors (Lipinski definition) is 1. The van der Waals surface area contributed by atoms with E-state index in [1.807, 2.05) is 0 Å². The van der Waals surface area contributed by atoms with Crippen molar-refractivity contribution in [1.82, 2.24) is 9.62 Å². The molecule has 0 spiro atoms. The molecule has 4 saturated carbocycles. The Balaban J connectivity index is 1.20. The van der Waals surface area contributed by atoms with Gasteiger partial charge in [-0.05, 0) is 92.7 Å². The molecule has 5 aliphatic rings. The highest BCUT2D eigenvalue weighted by Crippen LogP contribution is 2.55. The second kappa shape index (κ2) is 8.94. The molecule has 1 aromatic carbocycles. The van der Waals surface area contributed by atoms with Crippen molar-refractivity contribution in [3.63, 3.8) is 0 Å². The van der Waals surface area contributed by atoms with E-state index in [9.17, 15) is 18.0 Å². The number of carbonyl (C=O) groups excluding carboxylic acids is 2. The van der Waals surface area contributed by atoms with Crippen molar-refractivity contribution >= 4 is 21.9 Å². The maximum atomic E-state index is 13.2. The number of amides is 1. The number of nitrogens with zero attached hydrogens (tertiary/aromatic N) is 1. The zero-order valence-corrected chi connectivity index (χ0v) is 21.0. The number of hydrogen-bond acceptors (Lipinski definition) is 5. The predicted octanol–water partition coefficient (Wildman–Crippen LogP) is 3.60. The first kappa shape index (κ1) is 23.8. The van der Waals surface area contributed by atoms with Crippen LogP contribution in [0.3, 0.4) is 0 Å². The molecule has 6 rings (SSSR count). The third-order valence-electron chi connectivity index (χ3n) is 8.32. The highest BCUT2D eigenvalue weighted by Gasteiger charge is 2.51. The summed E-state index contributed by atoms with van der Waals surface area (Å²) in [7, 11) is -3.70. The Morgan fingerprint density at radius 3 is 2.18 bits per heavy atom. The van der Waals surface area contributed by atoms with Crippen molar-refractivity contribution in [3.05, 3.63) is 29.8 Å². The summed E-state index contributed by atoms with van der Waals surface area (Å²) in [4.78, 5) is 25.4. The van der Waals surface area contributed by atoms with Crippen molar-refractivity contribution in [2.24, 2.45) is 29.6 Å². The minimum atomic E-state index is -3.70. The molecule has 1 N–H and O–H groups in total. The number of sulfonamides is 1. The summed E-state index contributed by atoms with van der Waals surface area (Å²) in [5, 5.41) is 3.20. The number of esters is 1. The normalized spacial score (nSPS) is 35.2. The third kappa shape index (κ3) is 4.76. The largest absolute Gasteiger partial charge is 0.452 e. The molecule has 1 aromatic rings. The highest BCUT2D eigenvalue weighted by atomic mass is 32.2. The predicted molar refractivity (Wildman–Crippen MR) is 127 cm³/mol. The fraction of sp³-hybridized carbons (Fsp3) is 0.692. The van der Waals surface area contributed by atoms with Gasteiger partial charge in [0.25, 0.3) is 5.91 Å². The lowest BCUT2D eigenvalue weighted by Crippen LogP contribution is -2.60. The molecule has 1 heterocycles. The number of nitrogens with one attached hydrogen (secondary N) is 1. The van der Waals surface area contributed by atoms with Crippen molar-refractivity contribution in [2.45, 2.75) is 69.2 Å². The van der Waals surface area contributed by atoms with Crippen LogP contribution in [0.15, 0.2) is 29.2 Å². The van der Waals surface area contributed by atoms with Gasteiger partial charge in [-0.2, -0.15) is 4.31 Å². The smallest absolute Gasteiger partial charge is 0.338 e. The van der Waals surface area contributed by atoms with Crippen LogP contribution >= 0.6 is 0 Å². The molecule has 7 nitrogen and oxygen atoms in total. The van der Waals surface area contributed by atoms with E-state index in [1.54, 1.807) is 6.07 Å². The van der Waals surface area contributed by atoms with Gasteiger partial charge < -0.3 is 10.1 Å². The molecule has 0 aromatic heterocycles. The number of carbonyl (C=O) groups is 2. The number of rotatable bonds is 6. The van der Waals surface area contributed by atoms with Crippen LogP contribution in [0.25, 0.3) is 0 Å². The SMILES string of the molecule is C[C@H]1C[C@H](C)CN(S(=O)(=O)c2cccc(C(=O)OCC(=O)NC34CC5CC(CC(C5)C3)C4)c2)C1. The highest BCUT2D eigenvalue weighted by molar-refractivity contribution is 7.89. The molecular formula is C26H36N2O5S. The molecule has 1 aliphatic heterocycles. The van der Waals surface area contributed by atoms with E-state index < -0.39 is 16.0 Å². The lowest BCUT2D eigenvalue weighted by molar-refractivity contribution is -0.130. The fourth-order valence-corrected chi connectivity index (χ4v) is 9.27. The lowest BCUT2D eigenvalue weighted by atomic mass is 9.53. The van der Waals surface area contributed by atoms with Gasteiger partial charge in [-0.3, -0.25) is 4.79 Å². The van der Waals surface area contributed by atoms with E-state index in [4.69, 9.17) is 4.74 Å². The summed E-state index contributed by atoms with van der Waals surface area (Å²) < 4.78 is 33.2. The van der Waals surface area contributed by atoms with E-state index >= 15 is 0 Å². The molecule has 2 atom stereocenters. The summed E-state index contributed by atoms with van der Waals surface area (Å²) in [6, 6.07) is 5.95. The average molecular weight is 489 g/mol. The number of ether oxygens (including phenoxy) is 1. The van der Waals surface area contributed by atoms with Crippen LogP contribution in [-0.2, 0) is 19.6 Å². The van der Waals surface area contributed by atoms with Gasteiger partial charge in [-0.25, -0.2) is 13.2 Å². The second-order valence-corrected chi connectivity index (χ2v) is 13.6. The molecule has 0 unspecified atom stereocenters. The van der Waals surface area contributed by atoms with Gasteiger partial charge in [-0.15, -0.1) is 0 Å². The molecule has 4 aliphatic carbocycles. The standard InChI is InChI=1S/C26H36N2O5S/c1-17-6-18(2)15-28(14-17)34(31,32)23-5-3-4-22(10-23)25(30)33-16-24(29)27-26-11-19-7-20(12-26)9-21(8-19)13-26/h3-5,10,17-21H,6-9,11-16H2,1-2H3,(H,27,29)/t17-,18-,19?,20?,21?,26?/m0/s1. The summed E-state index contributed by atoms with van der Waals surface area (Å²) in [6.45, 7) is 4.72. The first-order chi connectivity index (χ1) is 16.1. The van der Waals surface area contributed by atoms with Crippen molar-refractivity contribution in [1.29, 1.82) is 0 Å². The third-order valence-corrected chi connectivity index (χ3v) is 10.1. The van der Waals surface area contributed by atoms with Crippen molar-refractivity contribution in [2.75, 3.05) is 19.7 Å². The molecule has 1 saturated heterocycles. The molecule has 1 amide bonds. The molecular weight excluding hydrogens is 452 g/mol. The maximum absolute atomic E-state index is 13.2. The first-order valence-corrected chi connectivity index (χ1v) is 14.1. The van der Waals surface area contributed by atoms with E-state index in [2.05, 4.69) is 19.2 Å². The zero-order chi connectivity index (χ0) is 24.1. The summed E-state index contributed by atoms with van der Waals surface area (Å²) in [6.07, 6.45) is 7.98. The molecule has 8 heteroatoms. The molecule has 5 fully saturated rings. The Morgan fingerprint density at radius 2 is 1.59 bits per heavy atom. The zero-order valence-electron chi connectivity index (χ0n) is 20.2. The van der Waals surface area contributed by atoms with Gasteiger partial charge in [0.05, 0.1) is 10.5 Å². The van der Waals surface area contributed by atoms with Crippen LogP contribution in [0, 0.1) is 29.6 Å².